The number of amides is 1. The molecule has 4 rings (SSSR count). The van der Waals surface area contributed by atoms with Gasteiger partial charge in [0.25, 0.3) is 5.56 Å². The van der Waals surface area contributed by atoms with Gasteiger partial charge in [-0.2, -0.15) is 0 Å². The van der Waals surface area contributed by atoms with Gasteiger partial charge < -0.3 is 10.3 Å². The number of carbonyl (C=O) groups is 1. The van der Waals surface area contributed by atoms with E-state index in [1.165, 1.54) is 12.1 Å². The van der Waals surface area contributed by atoms with E-state index in [1.807, 2.05) is 24.3 Å². The van der Waals surface area contributed by atoms with E-state index in [9.17, 15) is 14.0 Å². The Bertz CT molecular complexity index is 1160. The second-order valence-electron chi connectivity index (χ2n) is 7.95. The number of fused-ring (bicyclic) bond motifs is 1. The number of hydrogen-bond acceptors (Lipinski definition) is 3. The van der Waals surface area contributed by atoms with Gasteiger partial charge in [0.15, 0.2) is 4.77 Å². The maximum Gasteiger partial charge on any atom is 0.262 e. The van der Waals surface area contributed by atoms with Crippen molar-refractivity contribution < 1.29 is 9.18 Å². The van der Waals surface area contributed by atoms with Crippen molar-refractivity contribution in [3.8, 4) is 0 Å². The summed E-state index contributed by atoms with van der Waals surface area (Å²) < 4.78 is 15.1. The van der Waals surface area contributed by atoms with Crippen molar-refractivity contribution in [3.63, 3.8) is 0 Å². The average molecular weight is 426 g/mol. The normalized spacial score (nSPS) is 19.0. The van der Waals surface area contributed by atoms with Crippen LogP contribution in [-0.4, -0.2) is 15.5 Å². The summed E-state index contributed by atoms with van der Waals surface area (Å²) in [6.45, 7) is 0.976. The van der Waals surface area contributed by atoms with Gasteiger partial charge >= 0.3 is 0 Å². The lowest BCUT2D eigenvalue weighted by Crippen LogP contribution is -2.34. The van der Waals surface area contributed by atoms with Crippen molar-refractivity contribution in [3.05, 3.63) is 75.0 Å². The standard InChI is InChI=1S/C23H24FN3O2S/c24-18-11-7-15(8-12-18)13-25-21(28)17-9-5-16(6-10-17)14-27-22(29)19-3-1-2-4-20(19)26-23(27)30/h1-4,7-8,11-12,16-17H,5-6,9-10,13-14H2,(H,25,28)(H,26,30). The Morgan fingerprint density at radius 3 is 2.53 bits per heavy atom. The number of aromatic amines is 1. The van der Waals surface area contributed by atoms with E-state index in [1.54, 1.807) is 16.7 Å². The summed E-state index contributed by atoms with van der Waals surface area (Å²) >= 11 is 5.41. The molecule has 0 spiro atoms. The number of carbonyl (C=O) groups excluding carboxylic acids is 1. The van der Waals surface area contributed by atoms with Gasteiger partial charge in [0.1, 0.15) is 5.82 Å². The minimum Gasteiger partial charge on any atom is -0.352 e. The van der Waals surface area contributed by atoms with Crippen molar-refractivity contribution >= 4 is 29.0 Å². The van der Waals surface area contributed by atoms with Crippen molar-refractivity contribution in [2.45, 2.75) is 38.8 Å². The highest BCUT2D eigenvalue weighted by Crippen LogP contribution is 2.30. The third kappa shape index (κ3) is 4.51. The summed E-state index contributed by atoms with van der Waals surface area (Å²) in [5.41, 5.74) is 1.57. The molecular formula is C23H24FN3O2S. The number of halogens is 1. The summed E-state index contributed by atoms with van der Waals surface area (Å²) in [6.07, 6.45) is 3.34. The van der Waals surface area contributed by atoms with E-state index >= 15 is 0 Å². The van der Waals surface area contributed by atoms with E-state index in [0.717, 1.165) is 36.8 Å². The van der Waals surface area contributed by atoms with Crippen LogP contribution in [-0.2, 0) is 17.9 Å². The molecule has 1 aliphatic rings. The number of nitrogens with one attached hydrogen (secondary N) is 2. The van der Waals surface area contributed by atoms with Gasteiger partial charge in [-0.3, -0.25) is 14.2 Å². The minimum absolute atomic E-state index is 0.0236. The first-order valence-electron chi connectivity index (χ1n) is 10.3. The number of para-hydroxylation sites is 1. The van der Waals surface area contributed by atoms with Gasteiger partial charge in [0.2, 0.25) is 5.91 Å². The summed E-state index contributed by atoms with van der Waals surface area (Å²) in [4.78, 5) is 28.5. The Kier molecular flexibility index (Phi) is 6.08. The fraction of sp³-hybridized carbons (Fsp3) is 0.348. The molecule has 156 valence electrons. The van der Waals surface area contributed by atoms with Crippen molar-refractivity contribution in [1.82, 2.24) is 14.9 Å². The molecule has 1 fully saturated rings. The van der Waals surface area contributed by atoms with E-state index in [2.05, 4.69) is 10.3 Å². The maximum atomic E-state index is 13.0. The van der Waals surface area contributed by atoms with Crippen LogP contribution < -0.4 is 10.9 Å². The molecule has 1 heterocycles. The van der Waals surface area contributed by atoms with E-state index in [-0.39, 0.29) is 23.2 Å². The van der Waals surface area contributed by atoms with Crippen LogP contribution in [0.25, 0.3) is 10.9 Å². The van der Waals surface area contributed by atoms with Crippen LogP contribution in [0.1, 0.15) is 31.2 Å². The van der Waals surface area contributed by atoms with Gasteiger partial charge in [-0.05, 0) is 73.6 Å². The Balaban J connectivity index is 1.34. The van der Waals surface area contributed by atoms with E-state index in [4.69, 9.17) is 12.2 Å². The fourth-order valence-corrected chi connectivity index (χ4v) is 4.43. The SMILES string of the molecule is O=C(NCc1ccc(F)cc1)C1CCC(Cn2c(=S)[nH]c3ccccc3c2=O)CC1. The summed E-state index contributed by atoms with van der Waals surface area (Å²) in [7, 11) is 0. The lowest BCUT2D eigenvalue weighted by atomic mass is 9.81. The molecule has 0 saturated heterocycles. The van der Waals surface area contributed by atoms with Crippen LogP contribution in [0.2, 0.25) is 0 Å². The molecule has 1 aromatic heterocycles. The van der Waals surface area contributed by atoms with Gasteiger partial charge in [-0.15, -0.1) is 0 Å². The van der Waals surface area contributed by atoms with E-state index < -0.39 is 0 Å². The molecule has 7 heteroatoms. The molecule has 1 saturated carbocycles. The smallest absolute Gasteiger partial charge is 0.262 e. The molecular weight excluding hydrogens is 401 g/mol. The Morgan fingerprint density at radius 1 is 1.10 bits per heavy atom. The molecule has 0 unspecified atom stereocenters. The first kappa shape index (κ1) is 20.5. The quantitative estimate of drug-likeness (QED) is 0.598. The van der Waals surface area contributed by atoms with Gasteiger partial charge in [0.05, 0.1) is 10.9 Å². The van der Waals surface area contributed by atoms with Gasteiger partial charge in [-0.1, -0.05) is 24.3 Å². The zero-order valence-electron chi connectivity index (χ0n) is 16.6. The van der Waals surface area contributed by atoms with Crippen LogP contribution >= 0.6 is 12.2 Å². The number of rotatable bonds is 5. The maximum absolute atomic E-state index is 13.0. The highest BCUT2D eigenvalue weighted by Gasteiger charge is 2.26. The molecule has 0 aliphatic heterocycles. The van der Waals surface area contributed by atoms with Crippen LogP contribution in [0, 0.1) is 22.4 Å². The van der Waals surface area contributed by atoms with Gasteiger partial charge in [0, 0.05) is 19.0 Å². The van der Waals surface area contributed by atoms with Crippen LogP contribution in [0.3, 0.4) is 0 Å². The first-order valence-corrected chi connectivity index (χ1v) is 10.7. The Hall–Kier alpha value is -2.80. The van der Waals surface area contributed by atoms with E-state index in [0.29, 0.717) is 29.2 Å². The fourth-order valence-electron chi connectivity index (χ4n) is 4.17. The zero-order valence-corrected chi connectivity index (χ0v) is 17.4. The molecule has 2 aromatic carbocycles. The number of aromatic nitrogens is 2. The highest BCUT2D eigenvalue weighted by atomic mass is 32.1. The second kappa shape index (κ2) is 8.92. The van der Waals surface area contributed by atoms with Crippen LogP contribution in [0.4, 0.5) is 4.39 Å². The minimum atomic E-state index is -0.284. The lowest BCUT2D eigenvalue weighted by Gasteiger charge is -2.28. The third-order valence-corrected chi connectivity index (χ3v) is 6.25. The second-order valence-corrected chi connectivity index (χ2v) is 8.34. The molecule has 3 aromatic rings. The largest absolute Gasteiger partial charge is 0.352 e. The molecule has 1 aliphatic carbocycles. The van der Waals surface area contributed by atoms with Crippen molar-refractivity contribution in [1.29, 1.82) is 0 Å². The molecule has 30 heavy (non-hydrogen) atoms. The summed E-state index contributed by atoms with van der Waals surface area (Å²) in [5.74, 6) is 0.0522. The van der Waals surface area contributed by atoms with Crippen LogP contribution in [0.5, 0.6) is 0 Å². The summed E-state index contributed by atoms with van der Waals surface area (Å²) in [6, 6.07) is 13.5. The van der Waals surface area contributed by atoms with Crippen molar-refractivity contribution in [2.24, 2.45) is 11.8 Å². The van der Waals surface area contributed by atoms with Crippen molar-refractivity contribution in [2.75, 3.05) is 0 Å². The molecule has 0 bridgehead atoms. The third-order valence-electron chi connectivity index (χ3n) is 5.93. The van der Waals surface area contributed by atoms with Crippen LogP contribution in [0.15, 0.2) is 53.3 Å². The molecule has 2 N–H and O–H groups in total. The number of H-pyrrole nitrogens is 1. The predicted molar refractivity (Wildman–Crippen MR) is 117 cm³/mol. The predicted octanol–water partition coefficient (Wildman–Crippen LogP) is 4.32. The zero-order chi connectivity index (χ0) is 21.1. The highest BCUT2D eigenvalue weighted by molar-refractivity contribution is 7.71. The lowest BCUT2D eigenvalue weighted by molar-refractivity contribution is -0.126. The molecule has 5 nitrogen and oxygen atoms in total. The van der Waals surface area contributed by atoms with Gasteiger partial charge in [-0.25, -0.2) is 4.39 Å². The monoisotopic (exact) mass is 425 g/mol. The first-order chi connectivity index (χ1) is 14.5. The molecule has 1 amide bonds. The Labute approximate surface area is 178 Å². The number of nitrogens with zero attached hydrogens (tertiary/aromatic N) is 1. The molecule has 0 atom stereocenters. The number of benzene rings is 2. The number of hydrogen-bond donors (Lipinski definition) is 2. The average Bonchev–Trinajstić information content (AvgIpc) is 2.76. The molecule has 0 radical (unpaired) electrons. The Morgan fingerprint density at radius 2 is 1.80 bits per heavy atom. The topological polar surface area (TPSA) is 66.9 Å². The summed E-state index contributed by atoms with van der Waals surface area (Å²) in [5, 5.41) is 3.59.